The molecule has 1 aromatic rings. The summed E-state index contributed by atoms with van der Waals surface area (Å²) in [5.74, 6) is -0.746. The zero-order chi connectivity index (χ0) is 17.0. The topological polar surface area (TPSA) is 61.4 Å². The number of carbonyl (C=O) groups excluding carboxylic acids is 2. The lowest BCUT2D eigenvalue weighted by molar-refractivity contribution is -0.125. The summed E-state index contributed by atoms with van der Waals surface area (Å²) < 4.78 is 0. The number of benzene rings is 1. The number of halogens is 2. The van der Waals surface area contributed by atoms with E-state index in [0.29, 0.717) is 28.7 Å². The molecule has 0 aliphatic heterocycles. The Hall–Kier alpha value is -1.30. The highest BCUT2D eigenvalue weighted by Crippen LogP contribution is 2.40. The molecule has 0 radical (unpaired) electrons. The van der Waals surface area contributed by atoms with E-state index in [9.17, 15) is 9.59 Å². The van der Waals surface area contributed by atoms with Crippen LogP contribution in [0.25, 0.3) is 0 Å². The Morgan fingerprint density at radius 3 is 2.57 bits per heavy atom. The van der Waals surface area contributed by atoms with Gasteiger partial charge in [-0.3, -0.25) is 9.59 Å². The van der Waals surface area contributed by atoms with Crippen LogP contribution in [0.5, 0.6) is 0 Å². The van der Waals surface area contributed by atoms with Crippen molar-refractivity contribution in [2.45, 2.75) is 12.8 Å². The van der Waals surface area contributed by atoms with Crippen molar-refractivity contribution in [3.05, 3.63) is 28.2 Å². The molecule has 0 spiro atoms. The minimum Gasteiger partial charge on any atom is -0.356 e. The van der Waals surface area contributed by atoms with Gasteiger partial charge in [-0.1, -0.05) is 23.2 Å². The van der Waals surface area contributed by atoms with Crippen LogP contribution in [0, 0.1) is 11.8 Å². The second kappa shape index (κ2) is 7.99. The van der Waals surface area contributed by atoms with Gasteiger partial charge in [0.05, 0.1) is 22.5 Å². The van der Waals surface area contributed by atoms with Crippen LogP contribution in [-0.4, -0.2) is 43.9 Å². The summed E-state index contributed by atoms with van der Waals surface area (Å²) in [6.45, 7) is 1.55. The normalized spacial score (nSPS) is 19.5. The zero-order valence-corrected chi connectivity index (χ0v) is 14.7. The zero-order valence-electron chi connectivity index (χ0n) is 13.2. The van der Waals surface area contributed by atoms with E-state index in [1.807, 2.05) is 14.1 Å². The highest BCUT2D eigenvalue weighted by molar-refractivity contribution is 6.36. The number of hydrogen-bond donors (Lipinski definition) is 2. The number of hydrogen-bond acceptors (Lipinski definition) is 3. The van der Waals surface area contributed by atoms with Crippen LogP contribution in [0.2, 0.25) is 10.0 Å². The quantitative estimate of drug-likeness (QED) is 0.737. The van der Waals surface area contributed by atoms with Crippen molar-refractivity contribution in [1.82, 2.24) is 10.2 Å². The molecule has 1 saturated carbocycles. The van der Waals surface area contributed by atoms with Crippen LogP contribution in [-0.2, 0) is 9.59 Å². The van der Waals surface area contributed by atoms with Crippen LogP contribution in [0.1, 0.15) is 12.8 Å². The maximum atomic E-state index is 12.2. The van der Waals surface area contributed by atoms with Crippen LogP contribution in [0.4, 0.5) is 5.69 Å². The van der Waals surface area contributed by atoms with Crippen molar-refractivity contribution in [2.24, 2.45) is 11.8 Å². The molecule has 1 aliphatic carbocycles. The smallest absolute Gasteiger partial charge is 0.228 e. The molecule has 2 amide bonds. The molecule has 0 aromatic heterocycles. The fraction of sp³-hybridized carbons (Fsp3) is 0.500. The third kappa shape index (κ3) is 5.37. The summed E-state index contributed by atoms with van der Waals surface area (Å²) in [5, 5.41) is 6.52. The molecule has 2 unspecified atom stereocenters. The fourth-order valence-corrected chi connectivity index (χ4v) is 2.78. The third-order valence-electron chi connectivity index (χ3n) is 3.73. The lowest BCUT2D eigenvalue weighted by Gasteiger charge is -2.10. The minimum atomic E-state index is -0.282. The van der Waals surface area contributed by atoms with Crippen LogP contribution >= 0.6 is 23.2 Å². The molecule has 126 valence electrons. The molecule has 5 nitrogen and oxygen atoms in total. The molecule has 0 saturated heterocycles. The van der Waals surface area contributed by atoms with Gasteiger partial charge in [-0.2, -0.15) is 0 Å². The van der Waals surface area contributed by atoms with Crippen LogP contribution in [0.3, 0.4) is 0 Å². The van der Waals surface area contributed by atoms with E-state index < -0.39 is 0 Å². The molecule has 2 N–H and O–H groups in total. The number of nitrogens with one attached hydrogen (secondary N) is 2. The Morgan fingerprint density at radius 2 is 1.91 bits per heavy atom. The summed E-state index contributed by atoms with van der Waals surface area (Å²) in [4.78, 5) is 26.2. The first-order valence-corrected chi connectivity index (χ1v) is 8.32. The van der Waals surface area contributed by atoms with Crippen molar-refractivity contribution < 1.29 is 9.59 Å². The van der Waals surface area contributed by atoms with E-state index in [1.165, 1.54) is 0 Å². The standard InChI is InChI=1S/C16H21Cl2N3O2/c1-21(2)7-3-6-19-15(22)11-9-12(11)16(23)20-14-5-4-10(17)8-13(14)18/h4-5,8,11-12H,3,6-7,9H2,1-2H3,(H,19,22)(H,20,23). The Kier molecular flexibility index (Phi) is 6.27. The molecule has 2 atom stereocenters. The van der Waals surface area contributed by atoms with Gasteiger partial charge < -0.3 is 15.5 Å². The second-order valence-corrected chi connectivity index (χ2v) is 6.85. The minimum absolute atomic E-state index is 0.0499. The van der Waals surface area contributed by atoms with Gasteiger partial charge >= 0.3 is 0 Å². The van der Waals surface area contributed by atoms with Crippen molar-refractivity contribution in [2.75, 3.05) is 32.5 Å². The first-order chi connectivity index (χ1) is 10.9. The fourth-order valence-electron chi connectivity index (χ4n) is 2.33. The number of amides is 2. The molecular weight excluding hydrogens is 337 g/mol. The van der Waals surface area contributed by atoms with E-state index in [0.717, 1.165) is 13.0 Å². The van der Waals surface area contributed by atoms with E-state index in [-0.39, 0.29) is 23.7 Å². The number of nitrogens with zero attached hydrogens (tertiary/aromatic N) is 1. The summed E-state index contributed by atoms with van der Waals surface area (Å²) in [7, 11) is 3.98. The molecule has 1 aliphatic rings. The molecule has 0 bridgehead atoms. The molecule has 7 heteroatoms. The van der Waals surface area contributed by atoms with E-state index in [1.54, 1.807) is 18.2 Å². The molecular formula is C16H21Cl2N3O2. The predicted molar refractivity (Wildman–Crippen MR) is 92.9 cm³/mol. The summed E-state index contributed by atoms with van der Waals surface area (Å²) in [6.07, 6.45) is 1.47. The molecule has 23 heavy (non-hydrogen) atoms. The summed E-state index contributed by atoms with van der Waals surface area (Å²) in [5.41, 5.74) is 0.512. The van der Waals surface area contributed by atoms with E-state index in [2.05, 4.69) is 15.5 Å². The van der Waals surface area contributed by atoms with Crippen molar-refractivity contribution >= 4 is 40.7 Å². The van der Waals surface area contributed by atoms with Gasteiger partial charge in [0, 0.05) is 11.6 Å². The number of rotatable bonds is 7. The Labute approximate surface area is 146 Å². The largest absolute Gasteiger partial charge is 0.356 e. The average molecular weight is 358 g/mol. The SMILES string of the molecule is CN(C)CCCNC(=O)C1CC1C(=O)Nc1ccc(Cl)cc1Cl. The first-order valence-electron chi connectivity index (χ1n) is 7.57. The first kappa shape index (κ1) is 18.0. The van der Waals surface area contributed by atoms with Crippen molar-refractivity contribution in [1.29, 1.82) is 0 Å². The third-order valence-corrected chi connectivity index (χ3v) is 4.28. The summed E-state index contributed by atoms with van der Waals surface area (Å²) in [6, 6.07) is 4.88. The highest BCUT2D eigenvalue weighted by Gasteiger charge is 2.47. The van der Waals surface area contributed by atoms with Crippen LogP contribution < -0.4 is 10.6 Å². The maximum absolute atomic E-state index is 12.2. The lowest BCUT2D eigenvalue weighted by atomic mass is 10.2. The monoisotopic (exact) mass is 357 g/mol. The highest BCUT2D eigenvalue weighted by atomic mass is 35.5. The van der Waals surface area contributed by atoms with Gasteiger partial charge in [-0.15, -0.1) is 0 Å². The molecule has 1 aromatic carbocycles. The summed E-state index contributed by atoms with van der Waals surface area (Å²) >= 11 is 11.8. The van der Waals surface area contributed by atoms with Gasteiger partial charge in [0.25, 0.3) is 0 Å². The van der Waals surface area contributed by atoms with Gasteiger partial charge in [-0.25, -0.2) is 0 Å². The van der Waals surface area contributed by atoms with Gasteiger partial charge in [0.1, 0.15) is 0 Å². The average Bonchev–Trinajstić information content (AvgIpc) is 3.26. The second-order valence-electron chi connectivity index (χ2n) is 6.01. The molecule has 0 heterocycles. The van der Waals surface area contributed by atoms with E-state index >= 15 is 0 Å². The van der Waals surface area contributed by atoms with Crippen molar-refractivity contribution in [3.8, 4) is 0 Å². The number of anilines is 1. The lowest BCUT2D eigenvalue weighted by Crippen LogP contribution is -2.30. The van der Waals surface area contributed by atoms with Gasteiger partial charge in [-0.05, 0) is 51.7 Å². The molecule has 2 rings (SSSR count). The maximum Gasteiger partial charge on any atom is 0.228 e. The number of carbonyl (C=O) groups is 2. The molecule has 1 fully saturated rings. The Bertz CT molecular complexity index is 593. The Morgan fingerprint density at radius 1 is 1.22 bits per heavy atom. The van der Waals surface area contributed by atoms with E-state index in [4.69, 9.17) is 23.2 Å². The van der Waals surface area contributed by atoms with Gasteiger partial charge in [0.15, 0.2) is 0 Å². The van der Waals surface area contributed by atoms with Crippen LogP contribution in [0.15, 0.2) is 18.2 Å². The van der Waals surface area contributed by atoms with Crippen molar-refractivity contribution in [3.63, 3.8) is 0 Å². The predicted octanol–water partition coefficient (Wildman–Crippen LogP) is 2.64. The Balaban J connectivity index is 1.76. The van der Waals surface area contributed by atoms with Gasteiger partial charge in [0.2, 0.25) is 11.8 Å².